The molecule has 1 aliphatic rings. The van der Waals surface area contributed by atoms with Gasteiger partial charge in [0.2, 0.25) is 5.95 Å². The lowest BCUT2D eigenvalue weighted by atomic mass is 9.91. The van der Waals surface area contributed by atoms with E-state index in [0.717, 1.165) is 46.6 Å². The van der Waals surface area contributed by atoms with Gasteiger partial charge in [0.1, 0.15) is 0 Å². The first-order valence-corrected chi connectivity index (χ1v) is 19.5. The van der Waals surface area contributed by atoms with Crippen molar-refractivity contribution in [3.63, 3.8) is 0 Å². The highest BCUT2D eigenvalue weighted by Gasteiger charge is 2.33. The summed E-state index contributed by atoms with van der Waals surface area (Å²) in [5, 5.41) is 4.91. The summed E-state index contributed by atoms with van der Waals surface area (Å²) in [4.78, 5) is 15.7. The Kier molecular flexibility index (Phi) is 6.95. The summed E-state index contributed by atoms with van der Waals surface area (Å²) in [5.41, 5.74) is 13.8. The quantitative estimate of drug-likeness (QED) is 0.177. The van der Waals surface area contributed by atoms with Crippen LogP contribution in [0.15, 0.2) is 182 Å². The standard InChI is InChI=1S/C51H34N6/c1-5-17-33(18-6-1)49-52-50(34-19-7-2-8-20-34)54-51(53-49)57-41-27-15-13-25-37(41)38-29-31-44-46(47(38)57)40-30-32-43-45(48(40)56(44)36-23-11-4-12-24-36)39-26-14-16-28-42(39)55(43)35-21-9-3-10-22-35/h1-28,30,32H,29,31H2. The average molecular weight is 731 g/mol. The number of hydrogen-bond donors (Lipinski definition) is 0. The van der Waals surface area contributed by atoms with Crippen molar-refractivity contribution in [3.05, 3.63) is 193 Å². The SMILES string of the molecule is c1ccc(-c2nc(-c3ccccc3)nc(-n3c4c(c5ccccc53)CCc3c-4c4ccc5c(c6ccccc6n5-c5ccccc5)c4n3-c3ccccc3)n2)cc1. The van der Waals surface area contributed by atoms with Crippen molar-refractivity contribution in [1.82, 2.24) is 28.7 Å². The molecule has 0 bridgehead atoms. The molecule has 7 aromatic carbocycles. The van der Waals surface area contributed by atoms with E-state index in [2.05, 4.69) is 159 Å². The van der Waals surface area contributed by atoms with Crippen molar-refractivity contribution < 1.29 is 0 Å². The number of hydrogen-bond acceptors (Lipinski definition) is 3. The van der Waals surface area contributed by atoms with E-state index in [-0.39, 0.29) is 0 Å². The highest BCUT2D eigenvalue weighted by atomic mass is 15.2. The second kappa shape index (κ2) is 12.5. The highest BCUT2D eigenvalue weighted by Crippen LogP contribution is 2.49. The molecule has 0 amide bonds. The predicted octanol–water partition coefficient (Wildman–Crippen LogP) is 12.0. The number of para-hydroxylation sites is 4. The molecule has 0 radical (unpaired) electrons. The Labute approximate surface area is 328 Å². The van der Waals surface area contributed by atoms with Gasteiger partial charge in [-0.05, 0) is 66.9 Å². The molecule has 0 saturated carbocycles. The van der Waals surface area contributed by atoms with Gasteiger partial charge in [0.05, 0.1) is 27.8 Å². The Balaban J connectivity index is 1.23. The van der Waals surface area contributed by atoms with Gasteiger partial charge in [0.25, 0.3) is 0 Å². The number of rotatable bonds is 5. The van der Waals surface area contributed by atoms with Crippen LogP contribution in [0.2, 0.25) is 0 Å². The Morgan fingerprint density at radius 3 is 1.54 bits per heavy atom. The molecular weight excluding hydrogens is 697 g/mol. The van der Waals surface area contributed by atoms with E-state index >= 15 is 0 Å². The number of aromatic nitrogens is 6. The van der Waals surface area contributed by atoms with Crippen molar-refractivity contribution in [2.45, 2.75) is 12.8 Å². The minimum Gasteiger partial charge on any atom is -0.312 e. The zero-order chi connectivity index (χ0) is 37.5. The van der Waals surface area contributed by atoms with Crippen LogP contribution in [0.5, 0.6) is 0 Å². The average Bonchev–Trinajstić information content (AvgIpc) is 3.93. The maximum atomic E-state index is 5.31. The summed E-state index contributed by atoms with van der Waals surface area (Å²) >= 11 is 0. The van der Waals surface area contributed by atoms with Crippen LogP contribution in [-0.4, -0.2) is 28.7 Å². The second-order valence-corrected chi connectivity index (χ2v) is 14.7. The van der Waals surface area contributed by atoms with Crippen molar-refractivity contribution >= 4 is 43.6 Å². The fourth-order valence-corrected chi connectivity index (χ4v) is 9.27. The van der Waals surface area contributed by atoms with E-state index in [1.54, 1.807) is 0 Å². The molecule has 6 nitrogen and oxygen atoms in total. The Morgan fingerprint density at radius 2 is 0.912 bits per heavy atom. The summed E-state index contributed by atoms with van der Waals surface area (Å²) < 4.78 is 7.27. The maximum Gasteiger partial charge on any atom is 0.238 e. The van der Waals surface area contributed by atoms with Crippen molar-refractivity contribution in [2.75, 3.05) is 0 Å². The van der Waals surface area contributed by atoms with Crippen LogP contribution in [0.3, 0.4) is 0 Å². The molecule has 4 aromatic heterocycles. The van der Waals surface area contributed by atoms with E-state index in [9.17, 15) is 0 Å². The monoisotopic (exact) mass is 730 g/mol. The number of fused-ring (bicyclic) bond motifs is 11. The fourth-order valence-electron chi connectivity index (χ4n) is 9.27. The zero-order valence-electron chi connectivity index (χ0n) is 30.9. The van der Waals surface area contributed by atoms with Crippen LogP contribution in [0.4, 0.5) is 0 Å². The van der Waals surface area contributed by atoms with Crippen molar-refractivity contribution in [1.29, 1.82) is 0 Å². The van der Waals surface area contributed by atoms with Crippen LogP contribution in [0.1, 0.15) is 11.3 Å². The lowest BCUT2D eigenvalue weighted by Gasteiger charge is -2.20. The van der Waals surface area contributed by atoms with Crippen LogP contribution in [0, 0.1) is 0 Å². The lowest BCUT2D eigenvalue weighted by Crippen LogP contribution is -2.12. The van der Waals surface area contributed by atoms with Gasteiger partial charge in [-0.3, -0.25) is 4.57 Å². The molecular formula is C51H34N6. The first-order valence-electron chi connectivity index (χ1n) is 19.5. The van der Waals surface area contributed by atoms with Gasteiger partial charge in [-0.15, -0.1) is 0 Å². The molecule has 1 aliphatic carbocycles. The van der Waals surface area contributed by atoms with Gasteiger partial charge in [-0.2, -0.15) is 9.97 Å². The fraction of sp³-hybridized carbons (Fsp3) is 0.0392. The molecule has 0 saturated heterocycles. The van der Waals surface area contributed by atoms with E-state index in [0.29, 0.717) is 17.6 Å². The van der Waals surface area contributed by atoms with Gasteiger partial charge < -0.3 is 9.13 Å². The molecule has 12 rings (SSSR count). The molecule has 0 unspecified atom stereocenters. The largest absolute Gasteiger partial charge is 0.312 e. The minimum atomic E-state index is 0.607. The van der Waals surface area contributed by atoms with Crippen molar-refractivity contribution in [3.8, 4) is 51.4 Å². The van der Waals surface area contributed by atoms with Crippen molar-refractivity contribution in [2.24, 2.45) is 0 Å². The van der Waals surface area contributed by atoms with Gasteiger partial charge >= 0.3 is 0 Å². The second-order valence-electron chi connectivity index (χ2n) is 14.7. The molecule has 6 heteroatoms. The predicted molar refractivity (Wildman–Crippen MR) is 232 cm³/mol. The Bertz CT molecular complexity index is 3270. The molecule has 0 atom stereocenters. The lowest BCUT2D eigenvalue weighted by molar-refractivity contribution is 0.854. The van der Waals surface area contributed by atoms with Crippen LogP contribution in [-0.2, 0) is 12.8 Å². The molecule has 11 aromatic rings. The summed E-state index contributed by atoms with van der Waals surface area (Å²) in [6.45, 7) is 0. The zero-order valence-corrected chi connectivity index (χ0v) is 30.9. The van der Waals surface area contributed by atoms with Gasteiger partial charge in [-0.25, -0.2) is 4.98 Å². The topological polar surface area (TPSA) is 53.5 Å². The Hall–Kier alpha value is -7.57. The highest BCUT2D eigenvalue weighted by molar-refractivity contribution is 6.23. The molecule has 0 N–H and O–H groups in total. The molecule has 0 aliphatic heterocycles. The molecule has 4 heterocycles. The third kappa shape index (κ3) is 4.74. The van der Waals surface area contributed by atoms with E-state index in [1.807, 2.05) is 36.4 Å². The van der Waals surface area contributed by atoms with Crippen LogP contribution < -0.4 is 0 Å². The molecule has 0 spiro atoms. The van der Waals surface area contributed by atoms with Crippen LogP contribution in [0.25, 0.3) is 95.0 Å². The number of aryl methyl sites for hydroxylation is 1. The van der Waals surface area contributed by atoms with Gasteiger partial charge in [-0.1, -0.05) is 133 Å². The first kappa shape index (κ1) is 31.7. The third-order valence-corrected chi connectivity index (χ3v) is 11.6. The molecule has 0 fully saturated rings. The smallest absolute Gasteiger partial charge is 0.238 e. The van der Waals surface area contributed by atoms with E-state index < -0.39 is 0 Å². The van der Waals surface area contributed by atoms with E-state index in [4.69, 9.17) is 15.0 Å². The van der Waals surface area contributed by atoms with Crippen LogP contribution >= 0.6 is 0 Å². The maximum absolute atomic E-state index is 5.31. The van der Waals surface area contributed by atoms with Gasteiger partial charge in [0.15, 0.2) is 11.6 Å². The normalized spacial score (nSPS) is 12.4. The summed E-state index contributed by atoms with van der Waals surface area (Å²) in [5.74, 6) is 1.89. The Morgan fingerprint density at radius 1 is 0.386 bits per heavy atom. The summed E-state index contributed by atoms with van der Waals surface area (Å²) in [7, 11) is 0. The number of nitrogens with zero attached hydrogens (tertiary/aromatic N) is 6. The minimum absolute atomic E-state index is 0.607. The molecule has 268 valence electrons. The number of benzene rings is 7. The molecule has 57 heavy (non-hydrogen) atoms. The first-order chi connectivity index (χ1) is 28.3. The summed E-state index contributed by atoms with van der Waals surface area (Å²) in [6.07, 6.45) is 1.77. The van der Waals surface area contributed by atoms with E-state index in [1.165, 1.54) is 54.9 Å². The summed E-state index contributed by atoms with van der Waals surface area (Å²) in [6, 6.07) is 64.3. The third-order valence-electron chi connectivity index (χ3n) is 11.6. The van der Waals surface area contributed by atoms with Gasteiger partial charge in [0, 0.05) is 55.3 Å².